The van der Waals surface area contributed by atoms with E-state index in [1.54, 1.807) is 13.8 Å². The number of ketones is 1. The van der Waals surface area contributed by atoms with Crippen LogP contribution in [0.5, 0.6) is 0 Å². The number of rotatable bonds is 11. The first kappa shape index (κ1) is 28.6. The highest BCUT2D eigenvalue weighted by Crippen LogP contribution is 2.47. The summed E-state index contributed by atoms with van der Waals surface area (Å²) in [6, 6.07) is 24.2. The zero-order valence-corrected chi connectivity index (χ0v) is 24.8. The molecule has 5 aromatic rings. The predicted molar refractivity (Wildman–Crippen MR) is 162 cm³/mol. The molecule has 0 unspecified atom stereocenters. The van der Waals surface area contributed by atoms with Crippen molar-refractivity contribution in [3.05, 3.63) is 123 Å². The van der Waals surface area contributed by atoms with Gasteiger partial charge in [-0.15, -0.1) is 0 Å². The number of Topliss-reactive ketones (excluding diaryl/α,β-unsaturated/α-hetero) is 1. The fourth-order valence-electron chi connectivity index (χ4n) is 6.03. The third-order valence-electron chi connectivity index (χ3n) is 8.48. The Morgan fingerprint density at radius 1 is 0.977 bits per heavy atom. The van der Waals surface area contributed by atoms with Gasteiger partial charge in [0, 0.05) is 24.1 Å². The molecule has 0 radical (unpaired) electrons. The van der Waals surface area contributed by atoms with Gasteiger partial charge < -0.3 is 18.8 Å². The van der Waals surface area contributed by atoms with E-state index in [9.17, 15) is 14.7 Å². The molecule has 2 atom stereocenters. The Morgan fingerprint density at radius 3 is 2.40 bits per heavy atom. The van der Waals surface area contributed by atoms with Gasteiger partial charge in [0.2, 0.25) is 0 Å². The number of ether oxygens (including phenoxy) is 1. The quantitative estimate of drug-likeness (QED) is 0.171. The van der Waals surface area contributed by atoms with E-state index in [0.29, 0.717) is 47.6 Å². The Hall–Kier alpha value is -4.49. The molecule has 2 aromatic heterocycles. The molecule has 1 N–H and O–H groups in total. The molecule has 3 aromatic carbocycles. The van der Waals surface area contributed by atoms with Crippen molar-refractivity contribution < 1.29 is 28.4 Å². The standard InChI is InChI=1S/C36H35NO6/c1-21-10-12-29(22(2)16-21)30(26-8-6-5-7-9-26)20-28(38)18-25-11-13-31-27(17-25)19-32(41-31)34(33-23(3)37-43-24(33)4)42-36(14-15-36)35(39)40/h5-13,16-17,19,30,34H,14-15,18,20H2,1-4H3,(H,39,40)/t30-,34+/m0/s1. The fraction of sp³-hybridized carbons (Fsp3) is 0.306. The maximum absolute atomic E-state index is 13.5. The Bertz CT molecular complexity index is 1790. The highest BCUT2D eigenvalue weighted by molar-refractivity contribution is 5.85. The summed E-state index contributed by atoms with van der Waals surface area (Å²) in [5.41, 5.74) is 6.22. The van der Waals surface area contributed by atoms with Crippen LogP contribution >= 0.6 is 0 Å². The van der Waals surface area contributed by atoms with Crippen molar-refractivity contribution in [3.8, 4) is 0 Å². The first-order valence-electron chi connectivity index (χ1n) is 14.6. The van der Waals surface area contributed by atoms with Gasteiger partial charge in [-0.05, 0) is 81.0 Å². The van der Waals surface area contributed by atoms with Gasteiger partial charge >= 0.3 is 5.97 Å². The number of aryl methyl sites for hydroxylation is 4. The summed E-state index contributed by atoms with van der Waals surface area (Å²) >= 11 is 0. The average Bonchev–Trinajstić information content (AvgIpc) is 3.54. The molecule has 1 aliphatic rings. The number of aliphatic carboxylic acids is 1. The van der Waals surface area contributed by atoms with E-state index in [0.717, 1.165) is 16.5 Å². The maximum atomic E-state index is 13.5. The van der Waals surface area contributed by atoms with Crippen LogP contribution in [0.2, 0.25) is 0 Å². The lowest BCUT2D eigenvalue weighted by atomic mass is 9.83. The monoisotopic (exact) mass is 577 g/mol. The average molecular weight is 578 g/mol. The molecule has 1 fully saturated rings. The van der Waals surface area contributed by atoms with Gasteiger partial charge in [-0.25, -0.2) is 4.79 Å². The largest absolute Gasteiger partial charge is 0.479 e. The van der Waals surface area contributed by atoms with Crippen molar-refractivity contribution in [2.24, 2.45) is 0 Å². The van der Waals surface area contributed by atoms with Crippen LogP contribution in [0.25, 0.3) is 11.0 Å². The lowest BCUT2D eigenvalue weighted by molar-refractivity contribution is -0.157. The molecular weight excluding hydrogens is 542 g/mol. The zero-order chi connectivity index (χ0) is 30.3. The molecule has 0 amide bonds. The van der Waals surface area contributed by atoms with Crippen LogP contribution in [-0.4, -0.2) is 27.6 Å². The van der Waals surface area contributed by atoms with E-state index < -0.39 is 17.7 Å². The number of nitrogens with zero attached hydrogens (tertiary/aromatic N) is 1. The Balaban J connectivity index is 1.27. The second-order valence-electron chi connectivity index (χ2n) is 11.8. The molecule has 1 saturated carbocycles. The zero-order valence-electron chi connectivity index (χ0n) is 24.8. The molecule has 0 aliphatic heterocycles. The number of fused-ring (bicyclic) bond motifs is 1. The number of carboxylic acid groups (broad SMARTS) is 1. The predicted octanol–water partition coefficient (Wildman–Crippen LogP) is 7.71. The smallest absolute Gasteiger partial charge is 0.336 e. The van der Waals surface area contributed by atoms with Crippen LogP contribution < -0.4 is 0 Å². The summed E-state index contributed by atoms with van der Waals surface area (Å²) in [6.45, 7) is 7.76. The van der Waals surface area contributed by atoms with E-state index in [4.69, 9.17) is 13.7 Å². The number of aromatic nitrogens is 1. The lowest BCUT2D eigenvalue weighted by Crippen LogP contribution is -2.28. The molecule has 0 spiro atoms. The minimum atomic E-state index is -1.25. The minimum absolute atomic E-state index is 0.0319. The normalized spacial score (nSPS) is 15.3. The summed E-state index contributed by atoms with van der Waals surface area (Å²) in [7, 11) is 0. The molecule has 2 heterocycles. The van der Waals surface area contributed by atoms with Crippen molar-refractivity contribution >= 4 is 22.7 Å². The third kappa shape index (κ3) is 5.77. The summed E-state index contributed by atoms with van der Waals surface area (Å²) < 4.78 is 17.8. The molecule has 1 aliphatic carbocycles. The van der Waals surface area contributed by atoms with Crippen LogP contribution in [0.3, 0.4) is 0 Å². The molecule has 7 nitrogen and oxygen atoms in total. The summed E-state index contributed by atoms with van der Waals surface area (Å²) in [4.78, 5) is 25.5. The van der Waals surface area contributed by atoms with Crippen LogP contribution in [0.1, 0.15) is 81.9 Å². The van der Waals surface area contributed by atoms with E-state index in [1.807, 2.05) is 42.5 Å². The number of carbonyl (C=O) groups excluding carboxylic acids is 1. The van der Waals surface area contributed by atoms with Gasteiger partial charge in [0.1, 0.15) is 29.0 Å². The molecule has 6 rings (SSSR count). The Labute approximate surface area is 250 Å². The number of carbonyl (C=O) groups is 2. The molecule has 0 saturated heterocycles. The van der Waals surface area contributed by atoms with Crippen LogP contribution in [0.4, 0.5) is 0 Å². The van der Waals surface area contributed by atoms with Crippen molar-refractivity contribution in [2.75, 3.05) is 0 Å². The van der Waals surface area contributed by atoms with Crippen molar-refractivity contribution in [3.63, 3.8) is 0 Å². The van der Waals surface area contributed by atoms with Crippen molar-refractivity contribution in [1.29, 1.82) is 0 Å². The van der Waals surface area contributed by atoms with E-state index in [2.05, 4.69) is 49.3 Å². The second kappa shape index (κ2) is 11.3. The summed E-state index contributed by atoms with van der Waals surface area (Å²) in [5, 5.41) is 14.7. The van der Waals surface area contributed by atoms with Gasteiger partial charge in [0.05, 0.1) is 11.3 Å². The van der Waals surface area contributed by atoms with Crippen LogP contribution in [-0.2, 0) is 20.7 Å². The minimum Gasteiger partial charge on any atom is -0.479 e. The first-order chi connectivity index (χ1) is 20.6. The second-order valence-corrected chi connectivity index (χ2v) is 11.8. The lowest BCUT2D eigenvalue weighted by Gasteiger charge is -2.20. The van der Waals surface area contributed by atoms with Gasteiger partial charge in [0.15, 0.2) is 5.60 Å². The van der Waals surface area contributed by atoms with Gasteiger partial charge in [0.25, 0.3) is 0 Å². The van der Waals surface area contributed by atoms with E-state index in [1.165, 1.54) is 16.7 Å². The topological polar surface area (TPSA) is 103 Å². The van der Waals surface area contributed by atoms with E-state index in [-0.39, 0.29) is 18.1 Å². The third-order valence-corrected chi connectivity index (χ3v) is 8.48. The van der Waals surface area contributed by atoms with Gasteiger partial charge in [-0.1, -0.05) is 65.3 Å². The van der Waals surface area contributed by atoms with Gasteiger partial charge in [-0.3, -0.25) is 4.79 Å². The maximum Gasteiger partial charge on any atom is 0.336 e. The molecule has 7 heteroatoms. The van der Waals surface area contributed by atoms with Crippen LogP contribution in [0.15, 0.2) is 81.7 Å². The summed E-state index contributed by atoms with van der Waals surface area (Å²) in [6.07, 6.45) is 0.756. The highest BCUT2D eigenvalue weighted by atomic mass is 16.6. The number of furan rings is 1. The SMILES string of the molecule is Cc1ccc([C@@H](CC(=O)Cc2ccc3oc([C@@H](OC4(C(=O)O)CC4)c4c(C)noc4C)cc3c2)c2ccccc2)c(C)c1. The number of carboxylic acids is 1. The first-order valence-corrected chi connectivity index (χ1v) is 14.6. The molecule has 0 bridgehead atoms. The van der Waals surface area contributed by atoms with Crippen molar-refractivity contribution in [2.45, 2.75) is 71.0 Å². The summed E-state index contributed by atoms with van der Waals surface area (Å²) in [5.74, 6) is 0.142. The highest BCUT2D eigenvalue weighted by Gasteiger charge is 2.54. The Morgan fingerprint density at radius 2 is 1.74 bits per heavy atom. The number of hydrogen-bond donors (Lipinski definition) is 1. The van der Waals surface area contributed by atoms with Gasteiger partial charge in [-0.2, -0.15) is 0 Å². The van der Waals surface area contributed by atoms with E-state index >= 15 is 0 Å². The fourth-order valence-corrected chi connectivity index (χ4v) is 6.03. The van der Waals surface area contributed by atoms with Crippen LogP contribution in [0, 0.1) is 27.7 Å². The molecule has 220 valence electrons. The number of hydrogen-bond acceptors (Lipinski definition) is 6. The molecular formula is C36H35NO6. The number of benzene rings is 3. The molecule has 43 heavy (non-hydrogen) atoms. The Kier molecular flexibility index (Phi) is 7.52. The van der Waals surface area contributed by atoms with Crippen molar-refractivity contribution in [1.82, 2.24) is 5.16 Å².